The normalized spacial score (nSPS) is 13.4. The average molecular weight is 273 g/mol. The number of carbonyl (C=O) groups excluding carboxylic acids is 1. The highest BCUT2D eigenvalue weighted by Crippen LogP contribution is 2.33. The number of hydrogen-bond donors (Lipinski definition) is 0. The monoisotopic (exact) mass is 272 g/mol. The molecule has 0 fully saturated rings. The van der Waals surface area contributed by atoms with Crippen LogP contribution >= 0.6 is 0 Å². The van der Waals surface area contributed by atoms with Crippen LogP contribution in [0, 0.1) is 0 Å². The second-order valence-corrected chi connectivity index (χ2v) is 11.1. The molecular formula is C15H32O2Si. The first-order valence-corrected chi connectivity index (χ1v) is 10.4. The Hall–Kier alpha value is -0.313. The molecule has 3 heteroatoms. The summed E-state index contributed by atoms with van der Waals surface area (Å²) in [6.07, 6.45) is 4.66. The largest absolute Gasteiger partial charge is 0.466 e. The summed E-state index contributed by atoms with van der Waals surface area (Å²) in [5, 5.41) is 0. The van der Waals surface area contributed by atoms with Crippen LogP contribution in [0.25, 0.3) is 0 Å². The van der Waals surface area contributed by atoms with E-state index in [2.05, 4.69) is 34.6 Å². The summed E-state index contributed by atoms with van der Waals surface area (Å²) in [4.78, 5) is 12.1. The lowest BCUT2D eigenvalue weighted by Gasteiger charge is -2.33. The summed E-state index contributed by atoms with van der Waals surface area (Å²) in [6, 6.07) is 3.56. The van der Waals surface area contributed by atoms with Crippen molar-refractivity contribution in [2.45, 2.75) is 84.0 Å². The van der Waals surface area contributed by atoms with Crippen molar-refractivity contribution in [2.24, 2.45) is 0 Å². The zero-order chi connectivity index (χ0) is 14.0. The molecule has 0 saturated heterocycles. The van der Waals surface area contributed by atoms with Crippen molar-refractivity contribution < 1.29 is 9.53 Å². The maximum Gasteiger partial charge on any atom is 0.305 e. The van der Waals surface area contributed by atoms with Crippen molar-refractivity contribution in [3.8, 4) is 0 Å². The van der Waals surface area contributed by atoms with E-state index in [-0.39, 0.29) is 11.5 Å². The summed E-state index contributed by atoms with van der Waals surface area (Å²) in [7, 11) is -1.43. The van der Waals surface area contributed by atoms with Crippen molar-refractivity contribution in [2.75, 3.05) is 6.61 Å². The second kappa shape index (κ2) is 9.60. The fourth-order valence-corrected chi connectivity index (χ4v) is 6.67. The number of ether oxygens (including phenoxy) is 1. The molecule has 0 N–H and O–H groups in total. The highest BCUT2D eigenvalue weighted by molar-refractivity contribution is 6.83. The van der Waals surface area contributed by atoms with Gasteiger partial charge in [-0.15, -0.1) is 0 Å². The minimum Gasteiger partial charge on any atom is -0.466 e. The molecule has 1 unspecified atom stereocenters. The van der Waals surface area contributed by atoms with Crippen LogP contribution in [0.4, 0.5) is 0 Å². The Morgan fingerprint density at radius 3 is 2.00 bits per heavy atom. The molecule has 0 bridgehead atoms. The van der Waals surface area contributed by atoms with Gasteiger partial charge in [0.05, 0.1) is 14.7 Å². The van der Waals surface area contributed by atoms with Crippen LogP contribution in [-0.4, -0.2) is 20.7 Å². The third-order valence-electron chi connectivity index (χ3n) is 4.63. The third-order valence-corrected chi connectivity index (χ3v) is 10.9. The summed E-state index contributed by atoms with van der Waals surface area (Å²) in [5.41, 5.74) is 0.156. The van der Waals surface area contributed by atoms with Gasteiger partial charge in [0.25, 0.3) is 0 Å². The molecule has 0 radical (unpaired) electrons. The molecule has 0 saturated carbocycles. The Morgan fingerprint density at radius 1 is 1.00 bits per heavy atom. The minimum absolute atomic E-state index is 0.0590. The third kappa shape index (κ3) is 5.13. The highest BCUT2D eigenvalue weighted by atomic mass is 28.3. The molecule has 0 spiro atoms. The van der Waals surface area contributed by atoms with Crippen molar-refractivity contribution in [3.05, 3.63) is 0 Å². The van der Waals surface area contributed by atoms with Gasteiger partial charge in [0.1, 0.15) is 0 Å². The summed E-state index contributed by atoms with van der Waals surface area (Å²) >= 11 is 0. The van der Waals surface area contributed by atoms with Crippen molar-refractivity contribution in [1.82, 2.24) is 0 Å². The Morgan fingerprint density at radius 2 is 1.56 bits per heavy atom. The van der Waals surface area contributed by atoms with Crippen molar-refractivity contribution in [1.29, 1.82) is 0 Å². The lowest BCUT2D eigenvalue weighted by atomic mass is 10.2. The van der Waals surface area contributed by atoms with E-state index in [0.717, 1.165) is 6.42 Å². The molecule has 18 heavy (non-hydrogen) atoms. The van der Waals surface area contributed by atoms with E-state index in [0.29, 0.717) is 6.61 Å². The predicted molar refractivity (Wildman–Crippen MR) is 81.7 cm³/mol. The Bertz CT molecular complexity index is 216. The van der Waals surface area contributed by atoms with Crippen molar-refractivity contribution in [3.63, 3.8) is 0 Å². The van der Waals surface area contributed by atoms with Gasteiger partial charge in [-0.05, 0) is 6.42 Å². The van der Waals surface area contributed by atoms with Gasteiger partial charge >= 0.3 is 5.97 Å². The van der Waals surface area contributed by atoms with Crippen molar-refractivity contribution >= 4 is 14.0 Å². The summed E-state index contributed by atoms with van der Waals surface area (Å²) in [6.45, 7) is 11.6. The van der Waals surface area contributed by atoms with Gasteiger partial charge in [0.15, 0.2) is 0 Å². The molecular weight excluding hydrogens is 240 g/mol. The first-order valence-electron chi connectivity index (χ1n) is 7.74. The van der Waals surface area contributed by atoms with Crippen LogP contribution in [-0.2, 0) is 9.53 Å². The van der Waals surface area contributed by atoms with Gasteiger partial charge < -0.3 is 4.74 Å². The molecule has 0 aliphatic rings. The molecule has 108 valence electrons. The van der Waals surface area contributed by atoms with Gasteiger partial charge in [0, 0.05) is 5.54 Å². The van der Waals surface area contributed by atoms with E-state index in [4.69, 9.17) is 4.74 Å². The molecule has 0 rings (SSSR count). The molecule has 1 atom stereocenters. The van der Waals surface area contributed by atoms with Crippen LogP contribution in [0.3, 0.4) is 0 Å². The maximum absolute atomic E-state index is 12.1. The number of carbonyl (C=O) groups is 1. The Kier molecular flexibility index (Phi) is 9.43. The summed E-state index contributed by atoms with van der Waals surface area (Å²) < 4.78 is 5.46. The zero-order valence-corrected chi connectivity index (χ0v) is 14.1. The molecule has 0 aliphatic heterocycles. The Labute approximate surface area is 115 Å². The van der Waals surface area contributed by atoms with E-state index in [1.54, 1.807) is 0 Å². The molecule has 0 aromatic heterocycles. The van der Waals surface area contributed by atoms with Crippen LogP contribution in [0.2, 0.25) is 23.7 Å². The molecule has 0 aliphatic carbocycles. The number of unbranched alkanes of at least 4 members (excludes halogenated alkanes) is 3. The smallest absolute Gasteiger partial charge is 0.305 e. The van der Waals surface area contributed by atoms with Crippen LogP contribution < -0.4 is 0 Å². The number of rotatable bonds is 10. The lowest BCUT2D eigenvalue weighted by Crippen LogP contribution is -2.40. The zero-order valence-electron chi connectivity index (χ0n) is 13.1. The topological polar surface area (TPSA) is 26.3 Å². The van der Waals surface area contributed by atoms with E-state index < -0.39 is 8.07 Å². The molecule has 0 heterocycles. The standard InChI is InChI=1S/C15H32O2Si/c1-6-10-11-12-13-17-15(16)14(5)18(7-2,8-3)9-4/h14H,6-13H2,1-5H3. The van der Waals surface area contributed by atoms with Gasteiger partial charge in [-0.3, -0.25) is 4.79 Å². The van der Waals surface area contributed by atoms with Gasteiger partial charge in [-0.2, -0.15) is 0 Å². The Balaban J connectivity index is 4.15. The number of hydrogen-bond acceptors (Lipinski definition) is 2. The van der Waals surface area contributed by atoms with Crippen LogP contribution in [0.15, 0.2) is 0 Å². The van der Waals surface area contributed by atoms with E-state index in [1.165, 1.54) is 37.4 Å². The van der Waals surface area contributed by atoms with Gasteiger partial charge in [-0.25, -0.2) is 0 Å². The first kappa shape index (κ1) is 17.7. The van der Waals surface area contributed by atoms with E-state index >= 15 is 0 Å². The summed E-state index contributed by atoms with van der Waals surface area (Å²) in [5.74, 6) is 0.0590. The van der Waals surface area contributed by atoms with E-state index in [9.17, 15) is 4.79 Å². The molecule has 0 aromatic carbocycles. The molecule has 0 aromatic rings. The molecule has 2 nitrogen and oxygen atoms in total. The maximum atomic E-state index is 12.1. The molecule has 0 amide bonds. The fraction of sp³-hybridized carbons (Fsp3) is 0.933. The predicted octanol–water partition coefficient (Wildman–Crippen LogP) is 5.01. The minimum atomic E-state index is -1.43. The number of esters is 1. The van der Waals surface area contributed by atoms with Crippen LogP contribution in [0.1, 0.15) is 60.3 Å². The van der Waals surface area contributed by atoms with Crippen LogP contribution in [0.5, 0.6) is 0 Å². The highest BCUT2D eigenvalue weighted by Gasteiger charge is 2.38. The fourth-order valence-electron chi connectivity index (χ4n) is 2.75. The van der Waals surface area contributed by atoms with E-state index in [1.807, 2.05) is 0 Å². The second-order valence-electron chi connectivity index (χ2n) is 5.37. The first-order chi connectivity index (χ1) is 8.57. The van der Waals surface area contributed by atoms with Gasteiger partial charge in [0.2, 0.25) is 0 Å². The SMILES string of the molecule is CCCCCCOC(=O)C(C)[Si](CC)(CC)CC. The van der Waals surface area contributed by atoms with Gasteiger partial charge in [-0.1, -0.05) is 72.0 Å². The quantitative estimate of drug-likeness (QED) is 0.317. The average Bonchev–Trinajstić information content (AvgIpc) is 2.40. The lowest BCUT2D eigenvalue weighted by molar-refractivity contribution is -0.143.